The number of nitrogens with one attached hydrogen (secondary N) is 1. The molecule has 1 atom stereocenters. The average Bonchev–Trinajstić information content (AvgIpc) is 3.20. The summed E-state index contributed by atoms with van der Waals surface area (Å²) in [6.45, 7) is 1.80. The number of para-hydroxylation sites is 1. The fourth-order valence-electron chi connectivity index (χ4n) is 2.92. The van der Waals surface area contributed by atoms with Crippen molar-refractivity contribution in [2.45, 2.75) is 17.3 Å². The summed E-state index contributed by atoms with van der Waals surface area (Å²) in [6, 6.07) is 25.3. The molecule has 1 amide bonds. The van der Waals surface area contributed by atoms with Crippen molar-refractivity contribution in [3.05, 3.63) is 90.7 Å². The molecule has 1 N–H and O–H groups in total. The lowest BCUT2D eigenvalue weighted by Crippen LogP contribution is -2.22. The van der Waals surface area contributed by atoms with Crippen molar-refractivity contribution in [2.24, 2.45) is 0 Å². The van der Waals surface area contributed by atoms with Gasteiger partial charge in [-0.25, -0.2) is 4.39 Å². The minimum atomic E-state index is -0.440. The van der Waals surface area contributed by atoms with E-state index in [4.69, 9.17) is 0 Å². The van der Waals surface area contributed by atoms with Gasteiger partial charge in [0.25, 0.3) is 0 Å². The average molecular weight is 418 g/mol. The maximum atomic E-state index is 13.1. The fraction of sp³-hybridized carbons (Fsp3) is 0.0870. The van der Waals surface area contributed by atoms with E-state index in [1.165, 1.54) is 36.0 Å². The van der Waals surface area contributed by atoms with Gasteiger partial charge in [0.1, 0.15) is 5.82 Å². The molecule has 4 aromatic rings. The van der Waals surface area contributed by atoms with Gasteiger partial charge in [0, 0.05) is 16.9 Å². The first-order valence-electron chi connectivity index (χ1n) is 9.41. The molecule has 0 aliphatic carbocycles. The van der Waals surface area contributed by atoms with Crippen LogP contribution in [-0.2, 0) is 4.79 Å². The summed E-state index contributed by atoms with van der Waals surface area (Å²) in [5, 5.41) is 11.7. The van der Waals surface area contributed by atoms with Crippen LogP contribution in [0.5, 0.6) is 0 Å². The van der Waals surface area contributed by atoms with Crippen molar-refractivity contribution in [2.75, 3.05) is 5.32 Å². The molecule has 0 saturated heterocycles. The minimum absolute atomic E-state index is 0.199. The van der Waals surface area contributed by atoms with Crippen molar-refractivity contribution < 1.29 is 9.18 Å². The maximum Gasteiger partial charge on any atom is 0.237 e. The van der Waals surface area contributed by atoms with Crippen LogP contribution in [0.4, 0.5) is 10.1 Å². The quantitative estimate of drug-likeness (QED) is 0.438. The summed E-state index contributed by atoms with van der Waals surface area (Å²) in [4.78, 5) is 12.6. The van der Waals surface area contributed by atoms with Crippen LogP contribution in [0.3, 0.4) is 0 Å². The molecule has 0 saturated carbocycles. The second-order valence-electron chi connectivity index (χ2n) is 6.60. The third kappa shape index (κ3) is 4.41. The SMILES string of the molecule is C[C@H](Sc1nnc(-c2ccccc2)n1-c1ccccc1)C(=O)Nc1ccc(F)cc1. The molecule has 150 valence electrons. The summed E-state index contributed by atoms with van der Waals surface area (Å²) in [5.41, 5.74) is 2.39. The van der Waals surface area contributed by atoms with Crippen LogP contribution in [0.1, 0.15) is 6.92 Å². The standard InChI is InChI=1S/C23H19FN4OS/c1-16(22(29)25-19-14-12-18(24)13-15-19)30-23-27-26-21(17-8-4-2-5-9-17)28(23)20-10-6-3-7-11-20/h2-16H,1H3,(H,25,29)/t16-/m0/s1. The Morgan fingerprint density at radius 1 is 0.933 bits per heavy atom. The van der Waals surface area contributed by atoms with Gasteiger partial charge in [-0.15, -0.1) is 10.2 Å². The summed E-state index contributed by atoms with van der Waals surface area (Å²) in [5.74, 6) is 0.158. The second-order valence-corrected chi connectivity index (χ2v) is 7.91. The van der Waals surface area contributed by atoms with Crippen LogP contribution in [0.25, 0.3) is 17.1 Å². The molecule has 3 aromatic carbocycles. The molecule has 30 heavy (non-hydrogen) atoms. The van der Waals surface area contributed by atoms with Crippen molar-refractivity contribution in [1.82, 2.24) is 14.8 Å². The Morgan fingerprint density at radius 3 is 2.23 bits per heavy atom. The highest BCUT2D eigenvalue weighted by Gasteiger charge is 2.22. The van der Waals surface area contributed by atoms with Crippen LogP contribution in [0.2, 0.25) is 0 Å². The van der Waals surface area contributed by atoms with Gasteiger partial charge in [0.15, 0.2) is 11.0 Å². The monoisotopic (exact) mass is 418 g/mol. The number of anilines is 1. The van der Waals surface area contributed by atoms with Crippen LogP contribution < -0.4 is 5.32 Å². The molecule has 0 spiro atoms. The smallest absolute Gasteiger partial charge is 0.237 e. The van der Waals surface area contributed by atoms with Gasteiger partial charge in [0.2, 0.25) is 5.91 Å². The Balaban J connectivity index is 1.61. The number of benzene rings is 3. The zero-order valence-electron chi connectivity index (χ0n) is 16.2. The van der Waals surface area contributed by atoms with Gasteiger partial charge >= 0.3 is 0 Å². The number of hydrogen-bond donors (Lipinski definition) is 1. The molecule has 4 rings (SSSR count). The zero-order chi connectivity index (χ0) is 20.9. The molecule has 5 nitrogen and oxygen atoms in total. The molecule has 1 heterocycles. The summed E-state index contributed by atoms with van der Waals surface area (Å²) < 4.78 is 15.0. The summed E-state index contributed by atoms with van der Waals surface area (Å²) in [6.07, 6.45) is 0. The van der Waals surface area contributed by atoms with E-state index in [1.54, 1.807) is 6.92 Å². The Bertz CT molecular complexity index is 1130. The van der Waals surface area contributed by atoms with E-state index in [0.717, 1.165) is 11.3 Å². The number of thioether (sulfide) groups is 1. The Kier molecular flexibility index (Phi) is 5.90. The van der Waals surface area contributed by atoms with Crippen molar-refractivity contribution in [3.8, 4) is 17.1 Å². The van der Waals surface area contributed by atoms with E-state index in [2.05, 4.69) is 15.5 Å². The van der Waals surface area contributed by atoms with Crippen LogP contribution in [-0.4, -0.2) is 25.9 Å². The van der Waals surface area contributed by atoms with E-state index in [0.29, 0.717) is 16.7 Å². The Hall–Kier alpha value is -3.45. The first kappa shape index (κ1) is 19.8. The second kappa shape index (κ2) is 8.92. The predicted molar refractivity (Wildman–Crippen MR) is 117 cm³/mol. The highest BCUT2D eigenvalue weighted by molar-refractivity contribution is 8.00. The molecule has 0 bridgehead atoms. The van der Waals surface area contributed by atoms with E-state index < -0.39 is 5.25 Å². The summed E-state index contributed by atoms with van der Waals surface area (Å²) >= 11 is 1.31. The fourth-order valence-corrected chi connectivity index (χ4v) is 3.79. The zero-order valence-corrected chi connectivity index (χ0v) is 17.0. The number of aromatic nitrogens is 3. The minimum Gasteiger partial charge on any atom is -0.325 e. The number of amides is 1. The Labute approximate surface area is 178 Å². The molecule has 0 aliphatic rings. The molecule has 1 aromatic heterocycles. The lowest BCUT2D eigenvalue weighted by Gasteiger charge is -2.14. The van der Waals surface area contributed by atoms with E-state index in [1.807, 2.05) is 65.2 Å². The lowest BCUT2D eigenvalue weighted by atomic mass is 10.2. The van der Waals surface area contributed by atoms with Crippen LogP contribution in [0.15, 0.2) is 90.1 Å². The third-order valence-corrected chi connectivity index (χ3v) is 5.49. The molecule has 0 radical (unpaired) electrons. The predicted octanol–water partition coefficient (Wildman–Crippen LogP) is 5.19. The number of halogens is 1. The van der Waals surface area contributed by atoms with Gasteiger partial charge in [-0.05, 0) is 43.3 Å². The van der Waals surface area contributed by atoms with Gasteiger partial charge in [-0.2, -0.15) is 0 Å². The third-order valence-electron chi connectivity index (χ3n) is 4.44. The first-order valence-corrected chi connectivity index (χ1v) is 10.3. The molecular formula is C23H19FN4OS. The van der Waals surface area contributed by atoms with Crippen molar-refractivity contribution >= 4 is 23.4 Å². The molecule has 0 aliphatic heterocycles. The Morgan fingerprint density at radius 2 is 1.57 bits per heavy atom. The summed E-state index contributed by atoms with van der Waals surface area (Å²) in [7, 11) is 0. The van der Waals surface area contributed by atoms with Crippen molar-refractivity contribution in [1.29, 1.82) is 0 Å². The topological polar surface area (TPSA) is 59.8 Å². The van der Waals surface area contributed by atoms with Gasteiger partial charge < -0.3 is 5.32 Å². The molecular weight excluding hydrogens is 399 g/mol. The number of rotatable bonds is 6. The van der Waals surface area contributed by atoms with Crippen LogP contribution in [0, 0.1) is 5.82 Å². The number of hydrogen-bond acceptors (Lipinski definition) is 4. The highest BCUT2D eigenvalue weighted by Crippen LogP contribution is 2.30. The molecule has 0 fully saturated rings. The molecule has 7 heteroatoms. The normalized spacial score (nSPS) is 11.8. The lowest BCUT2D eigenvalue weighted by molar-refractivity contribution is -0.115. The molecule has 0 unspecified atom stereocenters. The number of carbonyl (C=O) groups excluding carboxylic acids is 1. The highest BCUT2D eigenvalue weighted by atomic mass is 32.2. The van der Waals surface area contributed by atoms with Gasteiger partial charge in [-0.3, -0.25) is 9.36 Å². The van der Waals surface area contributed by atoms with Gasteiger partial charge in [0.05, 0.1) is 5.25 Å². The van der Waals surface area contributed by atoms with Crippen molar-refractivity contribution in [3.63, 3.8) is 0 Å². The largest absolute Gasteiger partial charge is 0.325 e. The number of nitrogens with zero attached hydrogens (tertiary/aromatic N) is 3. The van der Waals surface area contributed by atoms with E-state index in [9.17, 15) is 9.18 Å². The van der Waals surface area contributed by atoms with Gasteiger partial charge in [-0.1, -0.05) is 60.3 Å². The van der Waals surface area contributed by atoms with Crippen LogP contribution >= 0.6 is 11.8 Å². The first-order chi connectivity index (χ1) is 14.6. The maximum absolute atomic E-state index is 13.1. The van der Waals surface area contributed by atoms with E-state index in [-0.39, 0.29) is 11.7 Å². The number of carbonyl (C=O) groups is 1. The van der Waals surface area contributed by atoms with E-state index >= 15 is 0 Å².